The van der Waals surface area contributed by atoms with Gasteiger partial charge in [0.15, 0.2) is 0 Å². The number of aliphatic carboxylic acids is 1. The summed E-state index contributed by atoms with van der Waals surface area (Å²) in [4.78, 5) is 24.9. The number of allylic oxidation sites excluding steroid dienone is 2. The molecular weight excluding hydrogens is 639 g/mol. The minimum atomic E-state index is -4.51. The first-order chi connectivity index (χ1) is 21.0. The van der Waals surface area contributed by atoms with Crippen molar-refractivity contribution in [2.45, 2.75) is 44.8 Å². The highest BCUT2D eigenvalue weighted by molar-refractivity contribution is 9.10. The molecule has 0 aliphatic heterocycles. The summed E-state index contributed by atoms with van der Waals surface area (Å²) in [7, 11) is 1.00. The van der Waals surface area contributed by atoms with Crippen LogP contribution < -0.4 is 15.5 Å². The first-order valence-electron chi connectivity index (χ1n) is 13.9. The first-order valence-corrected chi connectivity index (χ1v) is 14.7. The summed E-state index contributed by atoms with van der Waals surface area (Å²) in [5.74, 6) is -1.02. The molecule has 0 heterocycles. The van der Waals surface area contributed by atoms with E-state index in [9.17, 15) is 22.8 Å². The third-order valence-corrected chi connectivity index (χ3v) is 7.32. The third kappa shape index (κ3) is 9.99. The van der Waals surface area contributed by atoms with Crippen molar-refractivity contribution in [3.63, 3.8) is 0 Å². The Morgan fingerprint density at radius 3 is 2.27 bits per heavy atom. The third-order valence-electron chi connectivity index (χ3n) is 6.86. The van der Waals surface area contributed by atoms with Gasteiger partial charge in [0, 0.05) is 41.6 Å². The Balaban J connectivity index is 0.00000259. The molecule has 0 fully saturated rings. The number of hydrogen-bond donors (Lipinski definition) is 4. The molecule has 234 valence electrons. The summed E-state index contributed by atoms with van der Waals surface area (Å²) in [5.41, 5.74) is 3.87. The Labute approximate surface area is 263 Å². The highest BCUT2D eigenvalue weighted by atomic mass is 79.9. The van der Waals surface area contributed by atoms with Crippen molar-refractivity contribution in [2.24, 2.45) is 0 Å². The summed E-state index contributed by atoms with van der Waals surface area (Å²) in [6, 6.07) is 18.4. The predicted molar refractivity (Wildman–Crippen MR) is 170 cm³/mol. The highest BCUT2D eigenvalue weighted by Gasteiger charge is 2.31. The van der Waals surface area contributed by atoms with Gasteiger partial charge in [-0.3, -0.25) is 9.59 Å². The van der Waals surface area contributed by atoms with Crippen LogP contribution >= 0.6 is 15.9 Å². The van der Waals surface area contributed by atoms with Crippen LogP contribution in [0.2, 0.25) is 0 Å². The van der Waals surface area contributed by atoms with Crippen LogP contribution in [0.15, 0.2) is 89.7 Å². The second-order valence-corrected chi connectivity index (χ2v) is 10.9. The smallest absolute Gasteiger partial charge is 0.416 e. The van der Waals surface area contributed by atoms with E-state index in [-0.39, 0.29) is 29.0 Å². The van der Waals surface area contributed by atoms with Crippen LogP contribution in [-0.2, 0) is 17.5 Å². The van der Waals surface area contributed by atoms with Gasteiger partial charge in [-0.05, 0) is 84.8 Å². The maximum absolute atomic E-state index is 13.4. The zero-order valence-corrected chi connectivity index (χ0v) is 25.8. The first kappa shape index (κ1) is 34.4. The van der Waals surface area contributed by atoms with Crippen molar-refractivity contribution < 1.29 is 33.0 Å². The molecule has 0 unspecified atom stereocenters. The van der Waals surface area contributed by atoms with E-state index in [2.05, 4.69) is 39.2 Å². The van der Waals surface area contributed by atoms with Gasteiger partial charge in [0.05, 0.1) is 12.0 Å². The lowest BCUT2D eigenvalue weighted by Gasteiger charge is -2.28. The maximum Gasteiger partial charge on any atom is 0.416 e. The van der Waals surface area contributed by atoms with Crippen molar-refractivity contribution in [2.75, 3.05) is 23.9 Å². The quantitative estimate of drug-likeness (QED) is 0.166. The van der Waals surface area contributed by atoms with Crippen LogP contribution in [-0.4, -0.2) is 35.7 Å². The largest absolute Gasteiger partial charge is 0.481 e. The van der Waals surface area contributed by atoms with Gasteiger partial charge in [-0.25, -0.2) is 0 Å². The molecule has 0 spiro atoms. The van der Waals surface area contributed by atoms with Crippen LogP contribution in [0.5, 0.6) is 0 Å². The van der Waals surface area contributed by atoms with Gasteiger partial charge in [-0.1, -0.05) is 52.9 Å². The van der Waals surface area contributed by atoms with Crippen molar-refractivity contribution in [3.05, 3.63) is 112 Å². The predicted octanol–water partition coefficient (Wildman–Crippen LogP) is 7.83. The number of hydrogen-bond acceptors (Lipinski definition) is 5. The van der Waals surface area contributed by atoms with E-state index in [4.69, 9.17) is 10.2 Å². The standard InChI is InChI=1S/C32H31BrF3N3O3.CH4O/c1-21(38-28-18-26(32(34,35)36)17-27(33)19-28)39(29-13-11-24(12-14-29)23-5-3-2-4-6-23)20-22-7-9-25(10-8-22)31(42)37-16-15-30(40)41;1-2/h5,7-14,17-19,38H,1-4,6,15-16,20H2,(H,37,42)(H,40,41);2H,1H3. The molecule has 0 bridgehead atoms. The number of nitrogens with one attached hydrogen (secondary N) is 2. The second kappa shape index (κ2) is 16.1. The van der Waals surface area contributed by atoms with E-state index in [0.717, 1.165) is 55.3 Å². The van der Waals surface area contributed by atoms with Gasteiger partial charge < -0.3 is 25.7 Å². The molecule has 7 nitrogen and oxygen atoms in total. The maximum atomic E-state index is 13.4. The molecule has 0 saturated heterocycles. The Morgan fingerprint density at radius 2 is 1.68 bits per heavy atom. The number of carbonyl (C=O) groups excluding carboxylic acids is 1. The van der Waals surface area contributed by atoms with E-state index >= 15 is 0 Å². The van der Waals surface area contributed by atoms with E-state index in [1.165, 1.54) is 12.0 Å². The van der Waals surface area contributed by atoms with E-state index in [0.29, 0.717) is 17.9 Å². The number of aliphatic hydroxyl groups is 1. The van der Waals surface area contributed by atoms with E-state index in [1.54, 1.807) is 30.3 Å². The Morgan fingerprint density at radius 1 is 1.00 bits per heavy atom. The lowest BCUT2D eigenvalue weighted by atomic mass is 9.93. The molecule has 0 aromatic heterocycles. The zero-order valence-electron chi connectivity index (χ0n) is 24.3. The number of carboxylic acids is 1. The van der Waals surface area contributed by atoms with Crippen LogP contribution in [0.1, 0.15) is 59.2 Å². The fraction of sp³-hybridized carbons (Fsp3) is 0.273. The molecule has 1 aliphatic carbocycles. The number of aliphatic hydroxyl groups excluding tert-OH is 1. The normalized spacial score (nSPS) is 12.7. The Hall–Kier alpha value is -4.09. The summed E-state index contributed by atoms with van der Waals surface area (Å²) in [5, 5.41) is 21.4. The molecule has 3 aromatic carbocycles. The number of halogens is 4. The highest BCUT2D eigenvalue weighted by Crippen LogP contribution is 2.35. The lowest BCUT2D eigenvalue weighted by Crippen LogP contribution is -2.27. The average Bonchev–Trinajstić information content (AvgIpc) is 3.01. The van der Waals surface area contributed by atoms with Gasteiger partial charge in [-0.15, -0.1) is 0 Å². The van der Waals surface area contributed by atoms with Crippen molar-refractivity contribution in [1.29, 1.82) is 0 Å². The number of benzene rings is 3. The summed E-state index contributed by atoms with van der Waals surface area (Å²) >= 11 is 3.17. The van der Waals surface area contributed by atoms with Crippen molar-refractivity contribution in [3.8, 4) is 0 Å². The minimum absolute atomic E-state index is 0.0216. The molecule has 4 rings (SSSR count). The number of alkyl halides is 3. The number of anilines is 2. The molecule has 1 amide bonds. The van der Waals surface area contributed by atoms with Crippen LogP contribution in [0.4, 0.5) is 24.5 Å². The zero-order chi connectivity index (χ0) is 32.3. The number of carbonyl (C=O) groups is 2. The molecule has 4 N–H and O–H groups in total. The van der Waals surface area contributed by atoms with E-state index in [1.807, 2.05) is 29.2 Å². The molecule has 44 heavy (non-hydrogen) atoms. The molecule has 3 aromatic rings. The molecule has 0 radical (unpaired) electrons. The van der Waals surface area contributed by atoms with Gasteiger partial charge in [0.2, 0.25) is 0 Å². The Bertz CT molecular complexity index is 1470. The van der Waals surface area contributed by atoms with Crippen LogP contribution in [0, 0.1) is 0 Å². The molecule has 0 atom stereocenters. The number of rotatable bonds is 11. The van der Waals surface area contributed by atoms with Crippen molar-refractivity contribution >= 4 is 44.8 Å². The lowest BCUT2D eigenvalue weighted by molar-refractivity contribution is -0.138. The Kier molecular flexibility index (Phi) is 12.6. The molecule has 11 heteroatoms. The van der Waals surface area contributed by atoms with E-state index < -0.39 is 17.7 Å². The fourth-order valence-electron chi connectivity index (χ4n) is 4.69. The minimum Gasteiger partial charge on any atom is -0.481 e. The van der Waals surface area contributed by atoms with Gasteiger partial charge in [-0.2, -0.15) is 13.2 Å². The van der Waals surface area contributed by atoms with Crippen molar-refractivity contribution in [1.82, 2.24) is 5.32 Å². The second-order valence-electron chi connectivity index (χ2n) is 10.0. The number of nitrogens with zero attached hydrogens (tertiary/aromatic N) is 1. The fourth-order valence-corrected chi connectivity index (χ4v) is 5.18. The molecular formula is C33H35BrF3N3O4. The van der Waals surface area contributed by atoms with Crippen LogP contribution in [0.3, 0.4) is 0 Å². The summed E-state index contributed by atoms with van der Waals surface area (Å²) < 4.78 is 40.6. The summed E-state index contributed by atoms with van der Waals surface area (Å²) in [6.45, 7) is 4.48. The van der Waals surface area contributed by atoms with Gasteiger partial charge >= 0.3 is 12.1 Å². The molecule has 0 saturated carbocycles. The topological polar surface area (TPSA) is 102 Å². The monoisotopic (exact) mass is 673 g/mol. The van der Waals surface area contributed by atoms with Crippen LogP contribution in [0.25, 0.3) is 5.57 Å². The number of amides is 1. The SMILES string of the molecule is C=C(Nc1cc(Br)cc(C(F)(F)F)c1)N(Cc1ccc(C(=O)NCCC(=O)O)cc1)c1ccc(C2=CCCCC2)cc1.CO. The van der Waals surface area contributed by atoms with Gasteiger partial charge in [0.1, 0.15) is 5.82 Å². The van der Waals surface area contributed by atoms with Gasteiger partial charge in [0.25, 0.3) is 5.91 Å². The molecule has 1 aliphatic rings. The number of carboxylic acid groups (broad SMARTS) is 1. The summed E-state index contributed by atoms with van der Waals surface area (Å²) in [6.07, 6.45) is 2.01. The average molecular weight is 675 g/mol.